The molecule has 0 bridgehead atoms. The van der Waals surface area contributed by atoms with Gasteiger partial charge in [0.15, 0.2) is 11.5 Å². The summed E-state index contributed by atoms with van der Waals surface area (Å²) >= 11 is 6.30. The van der Waals surface area contributed by atoms with Crippen LogP contribution in [-0.4, -0.2) is 47.8 Å². The second-order valence-electron chi connectivity index (χ2n) is 7.02. The molecule has 1 saturated carbocycles. The molecule has 0 spiro atoms. The van der Waals surface area contributed by atoms with Gasteiger partial charge in [0.25, 0.3) is 0 Å². The van der Waals surface area contributed by atoms with Gasteiger partial charge in [-0.3, -0.25) is 4.79 Å². The average molecular weight is 352 g/mol. The lowest BCUT2D eigenvalue weighted by Gasteiger charge is -2.34. The van der Waals surface area contributed by atoms with Crippen LogP contribution in [0.5, 0.6) is 11.5 Å². The van der Waals surface area contributed by atoms with Crippen molar-refractivity contribution in [3.05, 3.63) is 22.7 Å². The highest BCUT2D eigenvalue weighted by atomic mass is 35.5. The topological polar surface area (TPSA) is 59.0 Å². The Labute approximate surface area is 146 Å². The first-order chi connectivity index (χ1) is 11.5. The van der Waals surface area contributed by atoms with Gasteiger partial charge >= 0.3 is 0 Å². The Morgan fingerprint density at radius 3 is 2.46 bits per heavy atom. The number of hydrogen-bond donors (Lipinski definition) is 1. The number of hydrogen-bond acceptors (Lipinski definition) is 4. The third-order valence-corrected chi connectivity index (χ3v) is 5.77. The lowest BCUT2D eigenvalue weighted by Crippen LogP contribution is -2.42. The number of likely N-dealkylation sites (tertiary alicyclic amines) is 1. The minimum Gasteiger partial charge on any atom is -0.486 e. The van der Waals surface area contributed by atoms with Gasteiger partial charge in [0.2, 0.25) is 5.91 Å². The van der Waals surface area contributed by atoms with Crippen LogP contribution in [0.15, 0.2) is 12.1 Å². The van der Waals surface area contributed by atoms with Gasteiger partial charge in [-0.2, -0.15) is 0 Å². The first-order valence-corrected chi connectivity index (χ1v) is 9.01. The average Bonchev–Trinajstić information content (AvgIpc) is 3.34. The van der Waals surface area contributed by atoms with Crippen LogP contribution in [-0.2, 0) is 11.2 Å². The molecule has 0 unspecified atom stereocenters. The number of carbonyl (C=O) groups is 1. The third-order valence-electron chi connectivity index (χ3n) is 5.42. The molecule has 1 aliphatic carbocycles. The van der Waals surface area contributed by atoms with Crippen LogP contribution in [0.1, 0.15) is 31.2 Å². The maximum Gasteiger partial charge on any atom is 0.227 e. The van der Waals surface area contributed by atoms with Gasteiger partial charge in [-0.15, -0.1) is 0 Å². The second kappa shape index (κ2) is 6.12. The molecule has 1 N–H and O–H groups in total. The van der Waals surface area contributed by atoms with Crippen LogP contribution in [0, 0.1) is 5.92 Å². The molecule has 1 aromatic rings. The summed E-state index contributed by atoms with van der Waals surface area (Å²) in [5.41, 5.74) is 0.336. The van der Waals surface area contributed by atoms with Crippen molar-refractivity contribution < 1.29 is 19.4 Å². The first-order valence-electron chi connectivity index (χ1n) is 8.63. The van der Waals surface area contributed by atoms with Crippen molar-refractivity contribution in [2.45, 2.75) is 37.7 Å². The fourth-order valence-corrected chi connectivity index (χ4v) is 3.94. The highest BCUT2D eigenvalue weighted by molar-refractivity contribution is 6.31. The van der Waals surface area contributed by atoms with Crippen molar-refractivity contribution in [3.63, 3.8) is 0 Å². The van der Waals surface area contributed by atoms with Gasteiger partial charge in [0, 0.05) is 24.2 Å². The largest absolute Gasteiger partial charge is 0.486 e. The van der Waals surface area contributed by atoms with Crippen LogP contribution in [0.4, 0.5) is 0 Å². The van der Waals surface area contributed by atoms with E-state index in [0.29, 0.717) is 48.7 Å². The molecule has 1 amide bonds. The third kappa shape index (κ3) is 3.07. The molecular weight excluding hydrogens is 330 g/mol. The molecular formula is C18H22ClNO4. The van der Waals surface area contributed by atoms with E-state index in [2.05, 4.69) is 0 Å². The fraction of sp³-hybridized carbons (Fsp3) is 0.611. The maximum absolute atomic E-state index is 12.6. The van der Waals surface area contributed by atoms with E-state index >= 15 is 0 Å². The summed E-state index contributed by atoms with van der Waals surface area (Å²) in [5.74, 6) is 1.72. The van der Waals surface area contributed by atoms with E-state index in [1.165, 1.54) is 0 Å². The molecule has 6 heteroatoms. The lowest BCUT2D eigenvalue weighted by molar-refractivity contribution is -0.132. The summed E-state index contributed by atoms with van der Waals surface area (Å²) < 4.78 is 11.1. The van der Waals surface area contributed by atoms with Crippen molar-refractivity contribution in [1.29, 1.82) is 0 Å². The Balaban J connectivity index is 1.39. The Kier molecular flexibility index (Phi) is 4.09. The predicted octanol–water partition coefficient (Wildman–Crippen LogP) is 2.42. The number of carbonyl (C=O) groups excluding carboxylic acids is 1. The van der Waals surface area contributed by atoms with Gasteiger partial charge < -0.3 is 19.5 Å². The van der Waals surface area contributed by atoms with Gasteiger partial charge in [-0.05, 0) is 43.2 Å². The molecule has 4 rings (SSSR count). The van der Waals surface area contributed by atoms with E-state index in [1.54, 1.807) is 6.07 Å². The van der Waals surface area contributed by atoms with Crippen molar-refractivity contribution in [2.75, 3.05) is 26.3 Å². The number of amides is 1. The zero-order chi connectivity index (χ0) is 16.7. The SMILES string of the molecule is O=C(Cc1cc2c(cc1Cl)OCCO2)N1CCC(C2(O)CC2)CC1. The highest BCUT2D eigenvalue weighted by Gasteiger charge is 2.48. The molecule has 1 aromatic carbocycles. The van der Waals surface area contributed by atoms with Crippen LogP contribution in [0.3, 0.4) is 0 Å². The van der Waals surface area contributed by atoms with Crippen molar-refractivity contribution in [3.8, 4) is 11.5 Å². The number of benzene rings is 1. The lowest BCUT2D eigenvalue weighted by atomic mass is 9.89. The van der Waals surface area contributed by atoms with Crippen LogP contribution in [0.2, 0.25) is 5.02 Å². The summed E-state index contributed by atoms with van der Waals surface area (Å²) in [7, 11) is 0. The molecule has 2 heterocycles. The molecule has 5 nitrogen and oxygen atoms in total. The smallest absolute Gasteiger partial charge is 0.227 e. The van der Waals surface area contributed by atoms with E-state index in [9.17, 15) is 9.90 Å². The number of piperidine rings is 1. The molecule has 0 atom stereocenters. The van der Waals surface area contributed by atoms with E-state index in [1.807, 2.05) is 11.0 Å². The van der Waals surface area contributed by atoms with E-state index in [4.69, 9.17) is 21.1 Å². The molecule has 2 fully saturated rings. The molecule has 130 valence electrons. The second-order valence-corrected chi connectivity index (χ2v) is 7.43. The fourth-order valence-electron chi connectivity index (χ4n) is 3.72. The highest BCUT2D eigenvalue weighted by Crippen LogP contribution is 2.46. The normalized spacial score (nSPS) is 22.3. The summed E-state index contributed by atoms with van der Waals surface area (Å²) in [5, 5.41) is 10.8. The zero-order valence-corrected chi connectivity index (χ0v) is 14.3. The molecule has 1 saturated heterocycles. The minimum absolute atomic E-state index is 0.0785. The van der Waals surface area contributed by atoms with E-state index < -0.39 is 5.60 Å². The van der Waals surface area contributed by atoms with Crippen molar-refractivity contribution >= 4 is 17.5 Å². The molecule has 2 aliphatic heterocycles. The number of aliphatic hydroxyl groups is 1. The number of rotatable bonds is 3. The van der Waals surface area contributed by atoms with Crippen LogP contribution < -0.4 is 9.47 Å². The zero-order valence-electron chi connectivity index (χ0n) is 13.6. The van der Waals surface area contributed by atoms with Crippen LogP contribution >= 0.6 is 11.6 Å². The number of nitrogens with zero attached hydrogens (tertiary/aromatic N) is 1. The number of fused-ring (bicyclic) bond motifs is 1. The standard InChI is InChI=1S/C18H22ClNO4/c19-14-11-16-15(23-7-8-24-16)9-12(14)10-17(21)20-5-1-13(2-6-20)18(22)3-4-18/h9,11,13,22H,1-8,10H2. The van der Waals surface area contributed by atoms with Gasteiger partial charge in [0.1, 0.15) is 13.2 Å². The van der Waals surface area contributed by atoms with Crippen molar-refractivity contribution in [2.24, 2.45) is 5.92 Å². The maximum atomic E-state index is 12.6. The molecule has 0 aromatic heterocycles. The Hall–Kier alpha value is -1.46. The predicted molar refractivity (Wildman–Crippen MR) is 89.6 cm³/mol. The Morgan fingerprint density at radius 1 is 1.21 bits per heavy atom. The Bertz CT molecular complexity index is 651. The van der Waals surface area contributed by atoms with Crippen LogP contribution in [0.25, 0.3) is 0 Å². The van der Waals surface area contributed by atoms with Gasteiger partial charge in [-0.1, -0.05) is 11.6 Å². The van der Waals surface area contributed by atoms with E-state index in [0.717, 1.165) is 31.2 Å². The summed E-state index contributed by atoms with van der Waals surface area (Å²) in [6.07, 6.45) is 3.87. The minimum atomic E-state index is -0.436. The monoisotopic (exact) mass is 351 g/mol. The summed E-state index contributed by atoms with van der Waals surface area (Å²) in [4.78, 5) is 14.5. The number of halogens is 1. The van der Waals surface area contributed by atoms with E-state index in [-0.39, 0.29) is 12.3 Å². The van der Waals surface area contributed by atoms with Gasteiger partial charge in [-0.25, -0.2) is 0 Å². The summed E-state index contributed by atoms with van der Waals surface area (Å²) in [6, 6.07) is 3.54. The molecule has 3 aliphatic rings. The quantitative estimate of drug-likeness (QED) is 0.908. The first kappa shape index (κ1) is 16.0. The molecule has 24 heavy (non-hydrogen) atoms. The van der Waals surface area contributed by atoms with Crippen molar-refractivity contribution in [1.82, 2.24) is 4.90 Å². The Morgan fingerprint density at radius 2 is 1.83 bits per heavy atom. The molecule has 0 radical (unpaired) electrons. The summed E-state index contributed by atoms with van der Waals surface area (Å²) in [6.45, 7) is 2.46. The van der Waals surface area contributed by atoms with Gasteiger partial charge in [0.05, 0.1) is 12.0 Å². The number of ether oxygens (including phenoxy) is 2.